The molecule has 0 atom stereocenters. The molecule has 0 amide bonds. The zero-order valence-corrected chi connectivity index (χ0v) is 14.4. The molecular weight excluding hydrogens is 469 g/mol. The minimum Gasteiger partial charge on any atom is -0.288 e. The number of hydrogen-bond donors (Lipinski definition) is 0. The summed E-state index contributed by atoms with van der Waals surface area (Å²) in [5, 5.41) is 0.315. The molecule has 0 unspecified atom stereocenters. The first-order valence-electron chi connectivity index (χ1n) is 5.05. The number of carbonyl (C=O) groups excluding carboxylic acids is 1. The van der Waals surface area contributed by atoms with Crippen LogP contribution >= 0.6 is 61.7 Å². The normalized spacial score (nSPS) is 10.6. The molecule has 0 spiro atoms. The fourth-order valence-electron chi connectivity index (χ4n) is 1.52. The Morgan fingerprint density at radius 2 is 1.84 bits per heavy atom. The smallest absolute Gasteiger partial charge is 0.197 e. The van der Waals surface area contributed by atoms with E-state index in [1.165, 1.54) is 18.2 Å². The molecule has 0 bridgehead atoms. The first kappa shape index (κ1) is 15.2. The third kappa shape index (κ3) is 3.12. The maximum absolute atomic E-state index is 14.0. The monoisotopic (exact) mass is 472 g/mol. The van der Waals surface area contributed by atoms with Crippen LogP contribution in [0.15, 0.2) is 34.8 Å². The molecule has 0 aromatic heterocycles. The largest absolute Gasteiger partial charge is 0.288 e. The lowest BCUT2D eigenvalue weighted by molar-refractivity contribution is 0.103. The topological polar surface area (TPSA) is 17.1 Å². The predicted molar refractivity (Wildman–Crippen MR) is 86.7 cm³/mol. The second-order valence-electron chi connectivity index (χ2n) is 3.68. The van der Waals surface area contributed by atoms with E-state index in [1.807, 2.05) is 22.6 Å². The molecule has 0 aliphatic heterocycles. The predicted octanol–water partition coefficient (Wildman–Crippen LogP) is 5.73. The zero-order valence-electron chi connectivity index (χ0n) is 9.18. The van der Waals surface area contributed by atoms with Crippen molar-refractivity contribution in [1.82, 2.24) is 0 Å². The van der Waals surface area contributed by atoms with Crippen LogP contribution in [0.5, 0.6) is 0 Å². The average Bonchev–Trinajstić information content (AvgIpc) is 2.38. The number of hydrogen-bond acceptors (Lipinski definition) is 1. The maximum atomic E-state index is 14.0. The summed E-state index contributed by atoms with van der Waals surface area (Å²) in [5.41, 5.74) is 0.277. The van der Waals surface area contributed by atoms with Crippen molar-refractivity contribution in [3.8, 4) is 0 Å². The van der Waals surface area contributed by atoms with Crippen molar-refractivity contribution in [3.05, 3.63) is 65.4 Å². The van der Waals surface area contributed by atoms with Crippen molar-refractivity contribution in [1.29, 1.82) is 0 Å². The summed E-state index contributed by atoms with van der Waals surface area (Å²) in [5.74, 6) is -1.18. The van der Waals surface area contributed by atoms with Crippen LogP contribution in [0.1, 0.15) is 15.9 Å². The van der Waals surface area contributed by atoms with Gasteiger partial charge in [0.15, 0.2) is 11.6 Å². The summed E-state index contributed by atoms with van der Waals surface area (Å²) in [6.07, 6.45) is 0. The molecule has 0 aliphatic carbocycles. The van der Waals surface area contributed by atoms with Gasteiger partial charge in [-0.25, -0.2) is 4.39 Å². The Morgan fingerprint density at radius 3 is 2.53 bits per heavy atom. The van der Waals surface area contributed by atoms with Crippen molar-refractivity contribution in [3.63, 3.8) is 0 Å². The molecule has 0 fully saturated rings. The molecule has 98 valence electrons. The highest BCUT2D eigenvalue weighted by atomic mass is 127. The van der Waals surface area contributed by atoms with Crippen molar-refractivity contribution < 1.29 is 9.18 Å². The molecule has 1 nitrogen and oxygen atoms in total. The van der Waals surface area contributed by atoms with Gasteiger partial charge in [0.05, 0.1) is 10.6 Å². The quantitative estimate of drug-likeness (QED) is 0.309. The maximum Gasteiger partial charge on any atom is 0.197 e. The molecular formula is C13H5BrCl2FIO. The van der Waals surface area contributed by atoms with Gasteiger partial charge in [-0.2, -0.15) is 0 Å². The average molecular weight is 474 g/mol. The van der Waals surface area contributed by atoms with Gasteiger partial charge < -0.3 is 0 Å². The molecule has 0 saturated heterocycles. The van der Waals surface area contributed by atoms with Crippen molar-refractivity contribution in [2.75, 3.05) is 0 Å². The minimum atomic E-state index is -0.739. The van der Waals surface area contributed by atoms with Gasteiger partial charge in [0.25, 0.3) is 0 Å². The van der Waals surface area contributed by atoms with E-state index >= 15 is 0 Å². The van der Waals surface area contributed by atoms with Gasteiger partial charge in [0.1, 0.15) is 0 Å². The van der Waals surface area contributed by atoms with E-state index in [9.17, 15) is 9.18 Å². The summed E-state index contributed by atoms with van der Waals surface area (Å²) in [6, 6.07) is 7.82. The van der Waals surface area contributed by atoms with Crippen LogP contribution in [0.3, 0.4) is 0 Å². The molecule has 0 aliphatic rings. The second kappa shape index (κ2) is 6.08. The van der Waals surface area contributed by atoms with Gasteiger partial charge in [-0.05, 0) is 68.9 Å². The number of rotatable bonds is 2. The highest BCUT2D eigenvalue weighted by molar-refractivity contribution is 14.1. The summed E-state index contributed by atoms with van der Waals surface area (Å²) in [4.78, 5) is 12.3. The third-order valence-corrected chi connectivity index (χ3v) is 4.89. The Balaban J connectivity index is 2.56. The molecule has 2 aromatic carbocycles. The standard InChI is InChI=1S/C13H5BrCl2FIO/c14-9-3-2-7(12(17)11(9)16)13(19)8-5-6(15)1-4-10(8)18/h1-5H. The Bertz CT molecular complexity index is 676. The molecule has 0 N–H and O–H groups in total. The van der Waals surface area contributed by atoms with Crippen LogP contribution in [-0.4, -0.2) is 5.78 Å². The van der Waals surface area contributed by atoms with Gasteiger partial charge in [-0.15, -0.1) is 0 Å². The van der Waals surface area contributed by atoms with Crippen LogP contribution in [0.25, 0.3) is 0 Å². The van der Waals surface area contributed by atoms with E-state index in [0.717, 1.165) is 0 Å². The highest BCUT2D eigenvalue weighted by Crippen LogP contribution is 2.30. The van der Waals surface area contributed by atoms with Crippen molar-refractivity contribution in [2.45, 2.75) is 0 Å². The lowest BCUT2D eigenvalue weighted by Gasteiger charge is -2.07. The van der Waals surface area contributed by atoms with Gasteiger partial charge in [-0.3, -0.25) is 4.79 Å². The van der Waals surface area contributed by atoms with Gasteiger partial charge >= 0.3 is 0 Å². The number of halogens is 5. The summed E-state index contributed by atoms with van der Waals surface area (Å²) >= 11 is 16.8. The molecule has 0 saturated carbocycles. The summed E-state index contributed by atoms with van der Waals surface area (Å²) < 4.78 is 15.1. The van der Waals surface area contributed by atoms with Crippen LogP contribution in [-0.2, 0) is 0 Å². The van der Waals surface area contributed by atoms with Crippen LogP contribution < -0.4 is 0 Å². The molecule has 2 aromatic rings. The van der Waals surface area contributed by atoms with Crippen molar-refractivity contribution in [2.24, 2.45) is 0 Å². The van der Waals surface area contributed by atoms with Crippen LogP contribution in [0, 0.1) is 9.39 Å². The number of benzene rings is 2. The fraction of sp³-hybridized carbons (Fsp3) is 0. The van der Waals surface area contributed by atoms with E-state index in [0.29, 0.717) is 18.6 Å². The number of carbonyl (C=O) groups is 1. The molecule has 19 heavy (non-hydrogen) atoms. The number of ketones is 1. The minimum absolute atomic E-state index is 0.0756. The Morgan fingerprint density at radius 1 is 1.16 bits per heavy atom. The van der Waals surface area contributed by atoms with E-state index in [2.05, 4.69) is 15.9 Å². The zero-order chi connectivity index (χ0) is 14.2. The van der Waals surface area contributed by atoms with Crippen LogP contribution in [0.2, 0.25) is 10.0 Å². The Hall–Kier alpha value is -0.170. The molecule has 6 heteroatoms. The molecule has 0 heterocycles. The Labute approximate surface area is 141 Å². The fourth-order valence-corrected chi connectivity index (χ4v) is 2.74. The van der Waals surface area contributed by atoms with E-state index in [-0.39, 0.29) is 10.6 Å². The lowest BCUT2D eigenvalue weighted by atomic mass is 10.0. The lowest BCUT2D eigenvalue weighted by Crippen LogP contribution is -2.07. The second-order valence-corrected chi connectivity index (χ2v) is 6.51. The first-order chi connectivity index (χ1) is 8.91. The highest BCUT2D eigenvalue weighted by Gasteiger charge is 2.20. The van der Waals surface area contributed by atoms with Crippen LogP contribution in [0.4, 0.5) is 4.39 Å². The van der Waals surface area contributed by atoms with E-state index < -0.39 is 11.6 Å². The summed E-state index contributed by atoms with van der Waals surface area (Å²) in [6.45, 7) is 0. The van der Waals surface area contributed by atoms with Gasteiger partial charge in [0.2, 0.25) is 0 Å². The third-order valence-electron chi connectivity index (χ3n) is 2.45. The first-order valence-corrected chi connectivity index (χ1v) is 7.68. The Kier molecular flexibility index (Phi) is 4.87. The summed E-state index contributed by atoms with van der Waals surface area (Å²) in [7, 11) is 0. The molecule has 2 rings (SSSR count). The van der Waals surface area contributed by atoms with E-state index in [1.54, 1.807) is 12.1 Å². The SMILES string of the molecule is O=C(c1cc(Cl)ccc1I)c1ccc(Br)c(Cl)c1F. The van der Waals surface area contributed by atoms with Gasteiger partial charge in [0, 0.05) is 18.6 Å². The van der Waals surface area contributed by atoms with Gasteiger partial charge in [-0.1, -0.05) is 23.2 Å². The molecule has 0 radical (unpaired) electrons. The van der Waals surface area contributed by atoms with E-state index in [4.69, 9.17) is 23.2 Å². The van der Waals surface area contributed by atoms with Crippen molar-refractivity contribution >= 4 is 67.5 Å².